The molecular formula is C19H27NO. The number of nitrogens with one attached hydrogen (secondary N) is 1. The van der Waals surface area contributed by atoms with E-state index in [-0.39, 0.29) is 0 Å². The number of aryl methyl sites for hydroxylation is 4. The molecule has 0 radical (unpaired) electrons. The standard InChI is InChI=1S/C19H27NO/c1-6-8-20-19(17-7-9-21-16(17)5)12-18-14(3)10-13(2)11-15(18)4/h7,9-11,19-20H,6,8,12H2,1-5H3. The Hall–Kier alpha value is -1.54. The molecule has 0 fully saturated rings. The second kappa shape index (κ2) is 6.95. The summed E-state index contributed by atoms with van der Waals surface area (Å²) in [6.45, 7) is 11.9. The topological polar surface area (TPSA) is 25.2 Å². The summed E-state index contributed by atoms with van der Waals surface area (Å²) in [6.07, 6.45) is 3.94. The van der Waals surface area contributed by atoms with Crippen molar-refractivity contribution in [2.45, 2.75) is 53.5 Å². The van der Waals surface area contributed by atoms with Crippen LogP contribution >= 0.6 is 0 Å². The minimum Gasteiger partial charge on any atom is -0.469 e. The van der Waals surface area contributed by atoms with Crippen LogP contribution in [-0.2, 0) is 6.42 Å². The lowest BCUT2D eigenvalue weighted by atomic mass is 9.91. The molecule has 0 aliphatic rings. The normalized spacial score (nSPS) is 12.6. The van der Waals surface area contributed by atoms with Crippen molar-refractivity contribution in [1.29, 1.82) is 0 Å². The number of furan rings is 1. The van der Waals surface area contributed by atoms with E-state index in [1.54, 1.807) is 6.26 Å². The lowest BCUT2D eigenvalue weighted by molar-refractivity contribution is 0.493. The maximum atomic E-state index is 5.50. The summed E-state index contributed by atoms with van der Waals surface area (Å²) in [5, 5.41) is 3.67. The molecule has 0 amide bonds. The van der Waals surface area contributed by atoms with Gasteiger partial charge in [-0.1, -0.05) is 24.6 Å². The summed E-state index contributed by atoms with van der Waals surface area (Å²) in [6, 6.07) is 6.98. The van der Waals surface area contributed by atoms with Crippen molar-refractivity contribution in [2.24, 2.45) is 0 Å². The van der Waals surface area contributed by atoms with E-state index in [1.165, 1.54) is 27.8 Å². The first-order valence-electron chi connectivity index (χ1n) is 7.87. The van der Waals surface area contributed by atoms with Crippen LogP contribution in [0.3, 0.4) is 0 Å². The third-order valence-electron chi connectivity index (χ3n) is 4.16. The zero-order valence-electron chi connectivity index (χ0n) is 13.9. The minimum absolute atomic E-state index is 0.323. The van der Waals surface area contributed by atoms with Gasteiger partial charge in [-0.25, -0.2) is 0 Å². The Morgan fingerprint density at radius 2 is 1.76 bits per heavy atom. The van der Waals surface area contributed by atoms with Gasteiger partial charge in [0.15, 0.2) is 0 Å². The predicted molar refractivity (Wildman–Crippen MR) is 88.8 cm³/mol. The fourth-order valence-corrected chi connectivity index (χ4v) is 3.10. The highest BCUT2D eigenvalue weighted by atomic mass is 16.3. The van der Waals surface area contributed by atoms with E-state index in [2.05, 4.69) is 51.2 Å². The summed E-state index contributed by atoms with van der Waals surface area (Å²) < 4.78 is 5.50. The van der Waals surface area contributed by atoms with Crippen molar-refractivity contribution in [3.63, 3.8) is 0 Å². The van der Waals surface area contributed by atoms with Gasteiger partial charge in [0.25, 0.3) is 0 Å². The highest BCUT2D eigenvalue weighted by Crippen LogP contribution is 2.26. The summed E-state index contributed by atoms with van der Waals surface area (Å²) >= 11 is 0. The van der Waals surface area contributed by atoms with Crippen LogP contribution in [0.25, 0.3) is 0 Å². The zero-order valence-corrected chi connectivity index (χ0v) is 13.9. The van der Waals surface area contributed by atoms with Gasteiger partial charge < -0.3 is 9.73 Å². The van der Waals surface area contributed by atoms with Crippen LogP contribution in [0.15, 0.2) is 28.9 Å². The molecule has 0 saturated heterocycles. The van der Waals surface area contributed by atoms with E-state index in [4.69, 9.17) is 4.42 Å². The Kier molecular flexibility index (Phi) is 5.24. The van der Waals surface area contributed by atoms with Gasteiger partial charge in [-0.05, 0) is 69.8 Å². The smallest absolute Gasteiger partial charge is 0.105 e. The Morgan fingerprint density at radius 1 is 1.10 bits per heavy atom. The Labute approximate surface area is 128 Å². The van der Waals surface area contributed by atoms with Gasteiger partial charge >= 0.3 is 0 Å². The van der Waals surface area contributed by atoms with Gasteiger partial charge in [-0.2, -0.15) is 0 Å². The molecule has 1 aromatic heterocycles. The van der Waals surface area contributed by atoms with Crippen molar-refractivity contribution >= 4 is 0 Å². The van der Waals surface area contributed by atoms with Crippen molar-refractivity contribution < 1.29 is 4.42 Å². The quantitative estimate of drug-likeness (QED) is 0.825. The van der Waals surface area contributed by atoms with Crippen LogP contribution in [-0.4, -0.2) is 6.54 Å². The second-order valence-corrected chi connectivity index (χ2v) is 6.02. The van der Waals surface area contributed by atoms with Crippen LogP contribution < -0.4 is 5.32 Å². The fraction of sp³-hybridized carbons (Fsp3) is 0.474. The van der Waals surface area contributed by atoms with E-state index in [0.717, 1.165) is 25.1 Å². The van der Waals surface area contributed by atoms with E-state index in [1.807, 2.05) is 6.92 Å². The van der Waals surface area contributed by atoms with Crippen molar-refractivity contribution in [1.82, 2.24) is 5.32 Å². The van der Waals surface area contributed by atoms with Crippen LogP contribution in [0, 0.1) is 27.7 Å². The molecule has 0 aliphatic heterocycles. The molecule has 1 unspecified atom stereocenters. The molecule has 0 bridgehead atoms. The Morgan fingerprint density at radius 3 is 2.29 bits per heavy atom. The van der Waals surface area contributed by atoms with Crippen molar-refractivity contribution in [3.8, 4) is 0 Å². The largest absolute Gasteiger partial charge is 0.469 e. The highest BCUT2D eigenvalue weighted by molar-refractivity contribution is 5.39. The molecule has 1 atom stereocenters. The molecule has 1 aromatic carbocycles. The molecule has 2 aromatic rings. The van der Waals surface area contributed by atoms with E-state index >= 15 is 0 Å². The molecule has 2 heteroatoms. The number of hydrogen-bond donors (Lipinski definition) is 1. The summed E-state index contributed by atoms with van der Waals surface area (Å²) in [4.78, 5) is 0. The molecule has 0 aliphatic carbocycles. The molecule has 2 nitrogen and oxygen atoms in total. The number of rotatable bonds is 6. The van der Waals surface area contributed by atoms with Gasteiger partial charge in [-0.15, -0.1) is 0 Å². The van der Waals surface area contributed by atoms with E-state index in [0.29, 0.717) is 6.04 Å². The third kappa shape index (κ3) is 3.76. The van der Waals surface area contributed by atoms with Crippen molar-refractivity contribution in [3.05, 3.63) is 58.0 Å². The molecule has 2 rings (SSSR count). The molecule has 1 heterocycles. The first kappa shape index (κ1) is 15.8. The van der Waals surface area contributed by atoms with Gasteiger partial charge in [0.05, 0.1) is 6.26 Å². The average molecular weight is 285 g/mol. The lowest BCUT2D eigenvalue weighted by Gasteiger charge is -2.21. The lowest BCUT2D eigenvalue weighted by Crippen LogP contribution is -2.25. The summed E-state index contributed by atoms with van der Waals surface area (Å²) in [7, 11) is 0. The second-order valence-electron chi connectivity index (χ2n) is 6.02. The van der Waals surface area contributed by atoms with Crippen molar-refractivity contribution in [2.75, 3.05) is 6.54 Å². The summed E-state index contributed by atoms with van der Waals surface area (Å²) in [5.74, 6) is 1.02. The van der Waals surface area contributed by atoms with Gasteiger partial charge in [-0.3, -0.25) is 0 Å². The highest BCUT2D eigenvalue weighted by Gasteiger charge is 2.18. The van der Waals surface area contributed by atoms with Gasteiger partial charge in [0, 0.05) is 11.6 Å². The maximum absolute atomic E-state index is 5.50. The predicted octanol–water partition coefficient (Wildman–Crippen LogP) is 4.80. The third-order valence-corrected chi connectivity index (χ3v) is 4.16. The molecule has 1 N–H and O–H groups in total. The van der Waals surface area contributed by atoms with Gasteiger partial charge in [0.1, 0.15) is 5.76 Å². The Balaban J connectivity index is 2.29. The van der Waals surface area contributed by atoms with Crippen LogP contribution in [0.2, 0.25) is 0 Å². The first-order chi connectivity index (χ1) is 10.0. The SMILES string of the molecule is CCCNC(Cc1c(C)cc(C)cc1C)c1ccoc1C. The number of hydrogen-bond acceptors (Lipinski definition) is 2. The maximum Gasteiger partial charge on any atom is 0.105 e. The zero-order chi connectivity index (χ0) is 15.4. The van der Waals surface area contributed by atoms with Crippen LogP contribution in [0.5, 0.6) is 0 Å². The Bertz CT molecular complexity index is 574. The molecule has 114 valence electrons. The molecular weight excluding hydrogens is 258 g/mol. The van der Waals surface area contributed by atoms with Crippen LogP contribution in [0.4, 0.5) is 0 Å². The monoisotopic (exact) mass is 285 g/mol. The van der Waals surface area contributed by atoms with E-state index < -0.39 is 0 Å². The summed E-state index contributed by atoms with van der Waals surface area (Å²) in [5.41, 5.74) is 6.85. The molecule has 0 saturated carbocycles. The molecule has 21 heavy (non-hydrogen) atoms. The number of benzene rings is 1. The van der Waals surface area contributed by atoms with Gasteiger partial charge in [0.2, 0.25) is 0 Å². The minimum atomic E-state index is 0.323. The van der Waals surface area contributed by atoms with Crippen LogP contribution in [0.1, 0.15) is 53.0 Å². The molecule has 0 spiro atoms. The first-order valence-corrected chi connectivity index (χ1v) is 7.87. The average Bonchev–Trinajstić information content (AvgIpc) is 2.83. The van der Waals surface area contributed by atoms with E-state index in [9.17, 15) is 0 Å². The fourth-order valence-electron chi connectivity index (χ4n) is 3.10.